The number of carbonyl (C=O) groups excluding carboxylic acids is 1. The molecule has 8 heteroatoms. The summed E-state index contributed by atoms with van der Waals surface area (Å²) in [5.74, 6) is 3.86. The predicted molar refractivity (Wildman–Crippen MR) is 99.5 cm³/mol. The number of imidazole rings is 1. The van der Waals surface area contributed by atoms with Crippen LogP contribution < -0.4 is 0 Å². The summed E-state index contributed by atoms with van der Waals surface area (Å²) in [4.78, 5) is 33.3. The van der Waals surface area contributed by atoms with Crippen molar-refractivity contribution >= 4 is 17.4 Å². The number of aromatic nitrogens is 3. The Morgan fingerprint density at radius 2 is 2.18 bits per heavy atom. The number of aliphatic hydroxyl groups is 1. The van der Waals surface area contributed by atoms with E-state index in [1.54, 1.807) is 37.5 Å². The number of nitrogens with zero attached hydrogens (tertiary/aromatic N) is 4. The molecule has 0 bridgehead atoms. The zero-order valence-corrected chi connectivity index (χ0v) is 15.0. The van der Waals surface area contributed by atoms with Gasteiger partial charge in [-0.15, -0.1) is 0 Å². The van der Waals surface area contributed by atoms with E-state index in [-0.39, 0.29) is 12.2 Å². The smallest absolute Gasteiger partial charge is 0.372 e. The average molecular weight is 376 g/mol. The molecule has 0 aliphatic carbocycles. The molecule has 4 rings (SSSR count). The maximum absolute atomic E-state index is 12.0. The molecule has 0 radical (unpaired) electrons. The first kappa shape index (κ1) is 17.7. The Hall–Kier alpha value is -3.70. The highest BCUT2D eigenvalue weighted by Crippen LogP contribution is 2.26. The van der Waals surface area contributed by atoms with Gasteiger partial charge >= 0.3 is 5.97 Å². The Kier molecular flexibility index (Phi) is 4.09. The first-order valence-corrected chi connectivity index (χ1v) is 8.56. The third kappa shape index (κ3) is 2.88. The number of aromatic carboxylic acids is 1. The van der Waals surface area contributed by atoms with Crippen molar-refractivity contribution < 1.29 is 19.8 Å². The lowest BCUT2D eigenvalue weighted by atomic mass is 10.0. The molecule has 8 nitrogen and oxygen atoms in total. The molecule has 1 saturated heterocycles. The molecule has 2 N–H and O–H groups in total. The van der Waals surface area contributed by atoms with Crippen molar-refractivity contribution in [1.29, 1.82) is 0 Å². The number of likely N-dealkylation sites (N-methyl/N-ethyl adjacent to an activating group) is 1. The Morgan fingerprint density at radius 3 is 2.89 bits per heavy atom. The fraction of sp³-hybridized carbons (Fsp3) is 0.200. The van der Waals surface area contributed by atoms with Crippen LogP contribution in [0.5, 0.6) is 0 Å². The van der Waals surface area contributed by atoms with E-state index in [1.165, 1.54) is 21.7 Å². The summed E-state index contributed by atoms with van der Waals surface area (Å²) in [6, 6.07) is 7.03. The monoisotopic (exact) mass is 376 g/mol. The highest BCUT2D eigenvalue weighted by molar-refractivity contribution is 5.91. The maximum atomic E-state index is 12.0. The van der Waals surface area contributed by atoms with E-state index in [4.69, 9.17) is 0 Å². The molecular weight excluding hydrogens is 360 g/mol. The molecule has 3 heterocycles. The second kappa shape index (κ2) is 6.48. The van der Waals surface area contributed by atoms with Gasteiger partial charge in [-0.3, -0.25) is 14.2 Å². The number of rotatable bonds is 2. The molecule has 1 fully saturated rings. The number of benzene rings is 1. The van der Waals surface area contributed by atoms with Crippen LogP contribution in [0.1, 0.15) is 22.6 Å². The Balaban J connectivity index is 1.76. The molecule has 1 aromatic carbocycles. The minimum Gasteiger partial charge on any atom is -0.475 e. The fourth-order valence-electron chi connectivity index (χ4n) is 3.19. The van der Waals surface area contributed by atoms with Gasteiger partial charge < -0.3 is 15.1 Å². The van der Waals surface area contributed by atoms with Crippen molar-refractivity contribution in [3.63, 3.8) is 0 Å². The summed E-state index contributed by atoms with van der Waals surface area (Å²) in [5, 5.41) is 19.8. The zero-order chi connectivity index (χ0) is 19.9. The van der Waals surface area contributed by atoms with Crippen LogP contribution in [0.3, 0.4) is 0 Å². The number of carboxylic acid groups (broad SMARTS) is 1. The maximum Gasteiger partial charge on any atom is 0.372 e. The summed E-state index contributed by atoms with van der Waals surface area (Å²) in [7, 11) is 1.63. The number of fused-ring (bicyclic) bond motifs is 1. The SMILES string of the molecule is CN1CCC(O)(C#Cc2cccc(-c3nc(C(=O)O)n4ccncc34)c2)C1=O. The van der Waals surface area contributed by atoms with Gasteiger partial charge in [0.25, 0.3) is 5.91 Å². The van der Waals surface area contributed by atoms with Gasteiger partial charge in [0.2, 0.25) is 11.4 Å². The summed E-state index contributed by atoms with van der Waals surface area (Å²) >= 11 is 0. The Morgan fingerprint density at radius 1 is 1.36 bits per heavy atom. The predicted octanol–water partition coefficient (Wildman–Crippen LogP) is 1.04. The quantitative estimate of drug-likeness (QED) is 0.647. The molecule has 1 aliphatic rings. The van der Waals surface area contributed by atoms with E-state index in [0.717, 1.165) is 0 Å². The molecule has 1 amide bonds. The van der Waals surface area contributed by atoms with Crippen LogP contribution in [-0.2, 0) is 4.79 Å². The Bertz CT molecular complexity index is 1170. The standard InChI is InChI=1S/C20H16N4O4/c1-23-9-7-20(28,19(23)27)6-5-13-3-2-4-14(11-13)16-15-12-21-8-10-24(15)17(22-16)18(25)26/h2-4,8,10-12,28H,7,9H2,1H3,(H,25,26). The van der Waals surface area contributed by atoms with Crippen molar-refractivity contribution in [2.24, 2.45) is 0 Å². The van der Waals surface area contributed by atoms with Gasteiger partial charge in [-0.2, -0.15) is 0 Å². The van der Waals surface area contributed by atoms with Crippen LogP contribution >= 0.6 is 0 Å². The molecule has 1 atom stereocenters. The largest absolute Gasteiger partial charge is 0.475 e. The lowest BCUT2D eigenvalue weighted by Gasteiger charge is -2.13. The molecule has 0 spiro atoms. The van der Waals surface area contributed by atoms with Crippen molar-refractivity contribution in [3.05, 3.63) is 54.2 Å². The molecule has 0 saturated carbocycles. The molecular formula is C20H16N4O4. The summed E-state index contributed by atoms with van der Waals surface area (Å²) in [6.07, 6.45) is 4.83. The van der Waals surface area contributed by atoms with Crippen LogP contribution in [-0.4, -0.2) is 60.6 Å². The average Bonchev–Trinajstić information content (AvgIpc) is 3.21. The first-order valence-electron chi connectivity index (χ1n) is 8.56. The number of carbonyl (C=O) groups is 2. The van der Waals surface area contributed by atoms with Gasteiger partial charge in [0, 0.05) is 43.5 Å². The topological polar surface area (TPSA) is 108 Å². The molecule has 28 heavy (non-hydrogen) atoms. The highest BCUT2D eigenvalue weighted by Gasteiger charge is 2.42. The third-order valence-corrected chi connectivity index (χ3v) is 4.70. The Labute approximate surface area is 160 Å². The summed E-state index contributed by atoms with van der Waals surface area (Å²) in [5.41, 5.74) is 0.578. The number of amides is 1. The second-order valence-corrected chi connectivity index (χ2v) is 6.59. The van der Waals surface area contributed by atoms with Gasteiger partial charge in [0.15, 0.2) is 0 Å². The van der Waals surface area contributed by atoms with Crippen LogP contribution in [0.25, 0.3) is 16.8 Å². The zero-order valence-electron chi connectivity index (χ0n) is 15.0. The number of carboxylic acids is 1. The fourth-order valence-corrected chi connectivity index (χ4v) is 3.19. The highest BCUT2D eigenvalue weighted by atomic mass is 16.4. The van der Waals surface area contributed by atoms with Gasteiger partial charge in [-0.1, -0.05) is 24.0 Å². The second-order valence-electron chi connectivity index (χ2n) is 6.59. The molecule has 1 aliphatic heterocycles. The van der Waals surface area contributed by atoms with Crippen LogP contribution in [0.15, 0.2) is 42.9 Å². The van der Waals surface area contributed by atoms with Crippen LogP contribution in [0, 0.1) is 11.8 Å². The molecule has 1 unspecified atom stereocenters. The lowest BCUT2D eigenvalue weighted by molar-refractivity contribution is -0.137. The van der Waals surface area contributed by atoms with E-state index in [9.17, 15) is 19.8 Å². The number of likely N-dealkylation sites (tertiary alicyclic amines) is 1. The van der Waals surface area contributed by atoms with Crippen LogP contribution in [0.4, 0.5) is 0 Å². The van der Waals surface area contributed by atoms with Gasteiger partial charge in [-0.25, -0.2) is 9.78 Å². The van der Waals surface area contributed by atoms with Crippen molar-refractivity contribution in [2.45, 2.75) is 12.0 Å². The minimum atomic E-state index is -1.67. The van der Waals surface area contributed by atoms with E-state index in [0.29, 0.717) is 28.9 Å². The van der Waals surface area contributed by atoms with Gasteiger partial charge in [-0.05, 0) is 12.1 Å². The first-order chi connectivity index (χ1) is 13.4. The summed E-state index contributed by atoms with van der Waals surface area (Å²) in [6.45, 7) is 0.454. The number of hydrogen-bond donors (Lipinski definition) is 2. The van der Waals surface area contributed by atoms with E-state index in [2.05, 4.69) is 21.8 Å². The van der Waals surface area contributed by atoms with E-state index >= 15 is 0 Å². The van der Waals surface area contributed by atoms with E-state index < -0.39 is 17.5 Å². The molecule has 140 valence electrons. The summed E-state index contributed by atoms with van der Waals surface area (Å²) < 4.78 is 1.46. The van der Waals surface area contributed by atoms with Crippen molar-refractivity contribution in [3.8, 4) is 23.1 Å². The molecule has 2 aromatic heterocycles. The van der Waals surface area contributed by atoms with Crippen molar-refractivity contribution in [1.82, 2.24) is 19.3 Å². The lowest BCUT2D eigenvalue weighted by Crippen LogP contribution is -2.37. The normalized spacial score (nSPS) is 18.9. The van der Waals surface area contributed by atoms with Gasteiger partial charge in [0.1, 0.15) is 0 Å². The number of hydrogen-bond acceptors (Lipinski definition) is 5. The minimum absolute atomic E-state index is 0.113. The van der Waals surface area contributed by atoms with Gasteiger partial charge in [0.05, 0.1) is 17.4 Å². The van der Waals surface area contributed by atoms with Crippen molar-refractivity contribution in [2.75, 3.05) is 13.6 Å². The molecule has 3 aromatic rings. The van der Waals surface area contributed by atoms with E-state index in [1.807, 2.05) is 0 Å². The van der Waals surface area contributed by atoms with Crippen LogP contribution in [0.2, 0.25) is 0 Å². The third-order valence-electron chi connectivity index (χ3n) is 4.70.